The fourth-order valence-electron chi connectivity index (χ4n) is 2.48. The van der Waals surface area contributed by atoms with Crippen molar-refractivity contribution < 1.29 is 9.59 Å². The Kier molecular flexibility index (Phi) is 7.35. The molecule has 122 valence electrons. The third-order valence-corrected chi connectivity index (χ3v) is 3.44. The maximum absolute atomic E-state index is 12.4. The molecule has 2 N–H and O–H groups in total. The minimum absolute atomic E-state index is 0. The van der Waals surface area contributed by atoms with Crippen LogP contribution in [0, 0.1) is 0 Å². The zero-order chi connectivity index (χ0) is 15.2. The smallest absolute Gasteiger partial charge is 0.240 e. The van der Waals surface area contributed by atoms with E-state index in [1.165, 1.54) is 0 Å². The van der Waals surface area contributed by atoms with Crippen LogP contribution in [-0.4, -0.2) is 41.9 Å². The van der Waals surface area contributed by atoms with E-state index in [2.05, 4.69) is 10.6 Å². The molecule has 1 unspecified atom stereocenters. The standard InChI is InChI=1S/C16H23N3O2.ClH/c1-12(2)18-15(20)10-14-16(21)19(9-8-17-14)11-13-6-4-3-5-7-13;/h3-7,12,14,17H,8-11H2,1-2H3,(H,18,20);1H. The van der Waals surface area contributed by atoms with Gasteiger partial charge in [-0.3, -0.25) is 9.59 Å². The topological polar surface area (TPSA) is 61.4 Å². The molecule has 1 aliphatic heterocycles. The molecule has 0 radical (unpaired) electrons. The zero-order valence-electron chi connectivity index (χ0n) is 13.0. The van der Waals surface area contributed by atoms with Gasteiger partial charge in [0.15, 0.2) is 0 Å². The van der Waals surface area contributed by atoms with Gasteiger partial charge in [0, 0.05) is 25.7 Å². The van der Waals surface area contributed by atoms with Gasteiger partial charge in [0.05, 0.1) is 12.5 Å². The van der Waals surface area contributed by atoms with Crippen molar-refractivity contribution >= 4 is 24.2 Å². The molecular weight excluding hydrogens is 302 g/mol. The highest BCUT2D eigenvalue weighted by Crippen LogP contribution is 2.10. The van der Waals surface area contributed by atoms with E-state index in [-0.39, 0.29) is 36.7 Å². The van der Waals surface area contributed by atoms with Crippen molar-refractivity contribution in [2.75, 3.05) is 13.1 Å². The predicted octanol–water partition coefficient (Wildman–Crippen LogP) is 1.32. The predicted molar refractivity (Wildman–Crippen MR) is 88.8 cm³/mol. The summed E-state index contributed by atoms with van der Waals surface area (Å²) in [6.07, 6.45) is 0.197. The number of piperazine rings is 1. The first-order chi connectivity index (χ1) is 10.1. The summed E-state index contributed by atoms with van der Waals surface area (Å²) >= 11 is 0. The van der Waals surface area contributed by atoms with Crippen molar-refractivity contribution in [3.8, 4) is 0 Å². The Morgan fingerprint density at radius 1 is 1.36 bits per heavy atom. The first kappa shape index (κ1) is 18.5. The number of nitrogens with zero attached hydrogens (tertiary/aromatic N) is 1. The molecule has 1 aliphatic rings. The SMILES string of the molecule is CC(C)NC(=O)CC1NCCN(Cc2ccccc2)C1=O.Cl. The summed E-state index contributed by atoms with van der Waals surface area (Å²) in [5.74, 6) is -0.0820. The Hall–Kier alpha value is -1.59. The monoisotopic (exact) mass is 325 g/mol. The Bertz CT molecular complexity index is 493. The van der Waals surface area contributed by atoms with E-state index < -0.39 is 6.04 Å². The third kappa shape index (κ3) is 5.31. The van der Waals surface area contributed by atoms with Crippen molar-refractivity contribution in [3.63, 3.8) is 0 Å². The molecule has 1 saturated heterocycles. The van der Waals surface area contributed by atoms with Crippen LogP contribution in [0.4, 0.5) is 0 Å². The number of carbonyl (C=O) groups is 2. The van der Waals surface area contributed by atoms with E-state index in [4.69, 9.17) is 0 Å². The molecule has 6 heteroatoms. The molecule has 5 nitrogen and oxygen atoms in total. The van der Waals surface area contributed by atoms with Crippen LogP contribution < -0.4 is 10.6 Å². The lowest BCUT2D eigenvalue weighted by molar-refractivity contribution is -0.138. The minimum atomic E-state index is -0.416. The van der Waals surface area contributed by atoms with Crippen molar-refractivity contribution in [1.29, 1.82) is 0 Å². The molecule has 0 bridgehead atoms. The van der Waals surface area contributed by atoms with E-state index in [9.17, 15) is 9.59 Å². The van der Waals surface area contributed by atoms with Crippen molar-refractivity contribution in [1.82, 2.24) is 15.5 Å². The van der Waals surface area contributed by atoms with Crippen LogP contribution in [-0.2, 0) is 16.1 Å². The molecule has 1 heterocycles. The van der Waals surface area contributed by atoms with Gasteiger partial charge in [-0.05, 0) is 19.4 Å². The van der Waals surface area contributed by atoms with Crippen LogP contribution in [0.25, 0.3) is 0 Å². The van der Waals surface area contributed by atoms with Gasteiger partial charge in [-0.1, -0.05) is 30.3 Å². The number of rotatable bonds is 5. The summed E-state index contributed by atoms with van der Waals surface area (Å²) in [6.45, 7) is 5.82. The van der Waals surface area contributed by atoms with Gasteiger partial charge in [0.25, 0.3) is 0 Å². The quantitative estimate of drug-likeness (QED) is 0.858. The maximum atomic E-state index is 12.4. The summed E-state index contributed by atoms with van der Waals surface area (Å²) in [4.78, 5) is 26.1. The highest BCUT2D eigenvalue weighted by atomic mass is 35.5. The second-order valence-corrected chi connectivity index (χ2v) is 5.68. The van der Waals surface area contributed by atoms with Crippen LogP contribution in [0.5, 0.6) is 0 Å². The lowest BCUT2D eigenvalue weighted by Gasteiger charge is -2.33. The Morgan fingerprint density at radius 2 is 2.05 bits per heavy atom. The van der Waals surface area contributed by atoms with Gasteiger partial charge in [0.2, 0.25) is 11.8 Å². The molecule has 0 spiro atoms. The molecule has 2 amide bonds. The maximum Gasteiger partial charge on any atom is 0.240 e. The van der Waals surface area contributed by atoms with Crippen LogP contribution >= 0.6 is 12.4 Å². The van der Waals surface area contributed by atoms with Gasteiger partial charge >= 0.3 is 0 Å². The lowest BCUT2D eigenvalue weighted by Crippen LogP contribution is -2.56. The molecule has 0 aromatic heterocycles. The largest absolute Gasteiger partial charge is 0.354 e. The fourth-order valence-corrected chi connectivity index (χ4v) is 2.48. The number of benzene rings is 1. The molecule has 0 aliphatic carbocycles. The van der Waals surface area contributed by atoms with Crippen LogP contribution in [0.2, 0.25) is 0 Å². The molecule has 1 fully saturated rings. The highest BCUT2D eigenvalue weighted by Gasteiger charge is 2.30. The number of halogens is 1. The van der Waals surface area contributed by atoms with Crippen LogP contribution in [0.1, 0.15) is 25.8 Å². The summed E-state index contributed by atoms with van der Waals surface area (Å²) in [6, 6.07) is 9.59. The zero-order valence-corrected chi connectivity index (χ0v) is 13.9. The third-order valence-electron chi connectivity index (χ3n) is 3.44. The van der Waals surface area contributed by atoms with Crippen molar-refractivity contribution in [2.24, 2.45) is 0 Å². The van der Waals surface area contributed by atoms with E-state index >= 15 is 0 Å². The van der Waals surface area contributed by atoms with E-state index in [1.807, 2.05) is 49.1 Å². The average Bonchev–Trinajstić information content (AvgIpc) is 2.43. The summed E-state index contributed by atoms with van der Waals surface area (Å²) in [7, 11) is 0. The van der Waals surface area contributed by atoms with Gasteiger partial charge in [-0.15, -0.1) is 12.4 Å². The van der Waals surface area contributed by atoms with Gasteiger partial charge in [0.1, 0.15) is 0 Å². The molecule has 1 atom stereocenters. The van der Waals surface area contributed by atoms with Crippen LogP contribution in [0.15, 0.2) is 30.3 Å². The second-order valence-electron chi connectivity index (χ2n) is 5.68. The molecular formula is C16H24ClN3O2. The molecule has 2 rings (SSSR count). The summed E-state index contributed by atoms with van der Waals surface area (Å²) in [5, 5.41) is 5.96. The molecule has 1 aromatic carbocycles. The lowest BCUT2D eigenvalue weighted by atomic mass is 10.1. The Labute approximate surface area is 137 Å². The average molecular weight is 326 g/mol. The number of carbonyl (C=O) groups excluding carboxylic acids is 2. The fraction of sp³-hybridized carbons (Fsp3) is 0.500. The number of amides is 2. The minimum Gasteiger partial charge on any atom is -0.354 e. The van der Waals surface area contributed by atoms with Crippen molar-refractivity contribution in [3.05, 3.63) is 35.9 Å². The molecule has 1 aromatic rings. The van der Waals surface area contributed by atoms with Crippen LogP contribution in [0.3, 0.4) is 0 Å². The van der Waals surface area contributed by atoms with Gasteiger partial charge in [-0.2, -0.15) is 0 Å². The number of hydrogen-bond acceptors (Lipinski definition) is 3. The second kappa shape index (κ2) is 8.76. The number of nitrogens with one attached hydrogen (secondary N) is 2. The number of hydrogen-bond donors (Lipinski definition) is 2. The summed E-state index contributed by atoms with van der Waals surface area (Å²) < 4.78 is 0. The van der Waals surface area contributed by atoms with E-state index in [1.54, 1.807) is 0 Å². The highest BCUT2D eigenvalue weighted by molar-refractivity contribution is 5.89. The Morgan fingerprint density at radius 3 is 2.68 bits per heavy atom. The molecule has 22 heavy (non-hydrogen) atoms. The first-order valence-electron chi connectivity index (χ1n) is 7.41. The Balaban J connectivity index is 0.00000242. The van der Waals surface area contributed by atoms with Crippen molar-refractivity contribution in [2.45, 2.75) is 38.9 Å². The van der Waals surface area contributed by atoms with E-state index in [0.29, 0.717) is 13.1 Å². The van der Waals surface area contributed by atoms with Gasteiger partial charge < -0.3 is 15.5 Å². The van der Waals surface area contributed by atoms with Gasteiger partial charge in [-0.25, -0.2) is 0 Å². The normalized spacial score (nSPS) is 18.0. The molecule has 0 saturated carbocycles. The summed E-state index contributed by atoms with van der Waals surface area (Å²) in [5.41, 5.74) is 1.11. The van der Waals surface area contributed by atoms with E-state index in [0.717, 1.165) is 12.1 Å². The first-order valence-corrected chi connectivity index (χ1v) is 7.41.